The number of aryl methyl sites for hydroxylation is 1. The molecule has 0 spiro atoms. The summed E-state index contributed by atoms with van der Waals surface area (Å²) in [7, 11) is 1.63. The zero-order chi connectivity index (χ0) is 14.4. The van der Waals surface area contributed by atoms with Gasteiger partial charge in [-0.3, -0.25) is 4.68 Å². The minimum absolute atomic E-state index is 0.133. The topological polar surface area (TPSA) is 76.4 Å². The number of carbonyl (C=O) groups excluding carboxylic acids is 1. The number of halogens is 2. The number of nitrogens with zero attached hydrogens (tertiary/aromatic N) is 2. The molecule has 0 bridgehead atoms. The molecule has 0 saturated carbocycles. The highest BCUT2D eigenvalue weighted by molar-refractivity contribution is 5.90. The third-order valence-electron chi connectivity index (χ3n) is 2.49. The predicted octanol–water partition coefficient (Wildman–Crippen LogP) is 0.312. The maximum absolute atomic E-state index is 12.1. The number of carbonyl (C=O) groups is 1. The second-order valence-corrected chi connectivity index (χ2v) is 3.88. The van der Waals surface area contributed by atoms with Crippen LogP contribution in [0.5, 0.6) is 0 Å². The zero-order valence-electron chi connectivity index (χ0n) is 10.8. The van der Waals surface area contributed by atoms with E-state index in [0.29, 0.717) is 5.69 Å². The van der Waals surface area contributed by atoms with Gasteiger partial charge in [0.1, 0.15) is 11.7 Å². The third-order valence-corrected chi connectivity index (χ3v) is 2.49. The van der Waals surface area contributed by atoms with E-state index >= 15 is 0 Å². The van der Waals surface area contributed by atoms with E-state index in [1.54, 1.807) is 14.0 Å². The lowest BCUT2D eigenvalue weighted by molar-refractivity contribution is -0.00349. The molecule has 0 aromatic carbocycles. The molecule has 0 amide bonds. The highest BCUT2D eigenvalue weighted by Crippen LogP contribution is 2.09. The van der Waals surface area contributed by atoms with Crippen LogP contribution >= 0.6 is 0 Å². The smallest absolute Gasteiger partial charge is 0.341 e. The van der Waals surface area contributed by atoms with Gasteiger partial charge in [-0.2, -0.15) is 5.10 Å². The minimum Gasteiger partial charge on any atom is -0.462 e. The van der Waals surface area contributed by atoms with Crippen molar-refractivity contribution in [3.05, 3.63) is 17.5 Å². The number of nitrogens with one attached hydrogen (secondary N) is 1. The monoisotopic (exact) mass is 277 g/mol. The molecule has 1 atom stereocenters. The average Bonchev–Trinajstić information content (AvgIpc) is 2.71. The number of rotatable bonds is 7. The first kappa shape index (κ1) is 15.5. The molecule has 8 heteroatoms. The van der Waals surface area contributed by atoms with Crippen LogP contribution in [-0.4, -0.2) is 46.5 Å². The van der Waals surface area contributed by atoms with Crippen LogP contribution in [0.4, 0.5) is 8.78 Å². The van der Waals surface area contributed by atoms with E-state index in [9.17, 15) is 13.6 Å². The van der Waals surface area contributed by atoms with Crippen LogP contribution in [0.3, 0.4) is 0 Å². The van der Waals surface area contributed by atoms with E-state index in [2.05, 4.69) is 10.4 Å². The van der Waals surface area contributed by atoms with Crippen LogP contribution in [0, 0.1) is 0 Å². The number of ether oxygens (including phenoxy) is 1. The van der Waals surface area contributed by atoms with Gasteiger partial charge >= 0.3 is 5.97 Å². The Bertz CT molecular complexity index is 423. The Morgan fingerprint density at radius 1 is 1.63 bits per heavy atom. The molecule has 6 nitrogen and oxygen atoms in total. The Morgan fingerprint density at radius 3 is 2.89 bits per heavy atom. The van der Waals surface area contributed by atoms with Crippen LogP contribution in [0.25, 0.3) is 0 Å². The molecular formula is C11H17F2N3O3. The van der Waals surface area contributed by atoms with Gasteiger partial charge in [0.05, 0.1) is 18.5 Å². The van der Waals surface area contributed by atoms with E-state index < -0.39 is 18.5 Å². The van der Waals surface area contributed by atoms with Crippen molar-refractivity contribution >= 4 is 5.97 Å². The fraction of sp³-hybridized carbons (Fsp3) is 0.636. The first-order chi connectivity index (χ1) is 8.97. The van der Waals surface area contributed by atoms with Crippen molar-refractivity contribution < 1.29 is 23.4 Å². The first-order valence-corrected chi connectivity index (χ1v) is 5.82. The summed E-state index contributed by atoms with van der Waals surface area (Å²) in [6, 6.07) is 0. The summed E-state index contributed by atoms with van der Waals surface area (Å²) < 4.78 is 30.5. The SMILES string of the molecule is CCOC(=O)c1cnn(C)c1CNCC(O)C(F)F. The second-order valence-electron chi connectivity index (χ2n) is 3.88. The number of aliphatic hydroxyl groups excluding tert-OH is 1. The molecule has 1 aromatic heterocycles. The highest BCUT2D eigenvalue weighted by atomic mass is 19.3. The molecule has 19 heavy (non-hydrogen) atoms. The summed E-state index contributed by atoms with van der Waals surface area (Å²) >= 11 is 0. The van der Waals surface area contributed by atoms with E-state index in [-0.39, 0.29) is 25.3 Å². The van der Waals surface area contributed by atoms with E-state index in [0.717, 1.165) is 0 Å². The molecule has 1 aromatic rings. The number of hydrogen-bond donors (Lipinski definition) is 2. The quantitative estimate of drug-likeness (QED) is 0.702. The van der Waals surface area contributed by atoms with Crippen LogP contribution in [0.2, 0.25) is 0 Å². The number of aromatic nitrogens is 2. The Labute approximate surface area is 109 Å². The molecule has 0 fully saturated rings. The summed E-state index contributed by atoms with van der Waals surface area (Å²) in [6.07, 6.45) is -3.18. The molecule has 1 unspecified atom stereocenters. The number of esters is 1. The molecule has 1 heterocycles. The van der Waals surface area contributed by atoms with E-state index in [1.165, 1.54) is 10.9 Å². The molecular weight excluding hydrogens is 260 g/mol. The van der Waals surface area contributed by atoms with Gasteiger partial charge in [0.15, 0.2) is 0 Å². The fourth-order valence-corrected chi connectivity index (χ4v) is 1.48. The number of alkyl halides is 2. The molecule has 108 valence electrons. The van der Waals surface area contributed by atoms with Crippen molar-refractivity contribution in [3.8, 4) is 0 Å². The van der Waals surface area contributed by atoms with E-state index in [1.807, 2.05) is 0 Å². The lowest BCUT2D eigenvalue weighted by Crippen LogP contribution is -2.32. The van der Waals surface area contributed by atoms with Gasteiger partial charge in [-0.1, -0.05) is 0 Å². The molecule has 0 aliphatic heterocycles. The molecule has 0 saturated heterocycles. The molecule has 0 aliphatic carbocycles. The minimum atomic E-state index is -2.80. The maximum atomic E-state index is 12.1. The summed E-state index contributed by atoms with van der Waals surface area (Å²) in [5.74, 6) is -0.512. The first-order valence-electron chi connectivity index (χ1n) is 5.82. The normalized spacial score (nSPS) is 12.7. The zero-order valence-corrected chi connectivity index (χ0v) is 10.8. The van der Waals surface area contributed by atoms with E-state index in [4.69, 9.17) is 9.84 Å². The van der Waals surface area contributed by atoms with Gasteiger partial charge < -0.3 is 15.2 Å². The summed E-state index contributed by atoms with van der Waals surface area (Å²) in [5, 5.41) is 15.5. The lowest BCUT2D eigenvalue weighted by atomic mass is 10.2. The third kappa shape index (κ3) is 4.25. The Kier molecular flexibility index (Phi) is 5.84. The maximum Gasteiger partial charge on any atom is 0.341 e. The van der Waals surface area contributed by atoms with Crippen LogP contribution in [-0.2, 0) is 18.3 Å². The summed E-state index contributed by atoms with van der Waals surface area (Å²) in [4.78, 5) is 11.6. The summed E-state index contributed by atoms with van der Waals surface area (Å²) in [5.41, 5.74) is 0.795. The molecule has 1 rings (SSSR count). The van der Waals surface area contributed by atoms with Crippen molar-refractivity contribution in [2.24, 2.45) is 7.05 Å². The molecule has 0 radical (unpaired) electrons. The average molecular weight is 277 g/mol. The van der Waals surface area contributed by atoms with Crippen molar-refractivity contribution in [3.63, 3.8) is 0 Å². The summed E-state index contributed by atoms with van der Waals surface area (Å²) in [6.45, 7) is 1.79. The molecule has 0 aliphatic rings. The lowest BCUT2D eigenvalue weighted by Gasteiger charge is -2.11. The van der Waals surface area contributed by atoms with Crippen LogP contribution in [0.1, 0.15) is 23.0 Å². The second kappa shape index (κ2) is 7.15. The van der Waals surface area contributed by atoms with Crippen molar-refractivity contribution in [1.82, 2.24) is 15.1 Å². The fourth-order valence-electron chi connectivity index (χ4n) is 1.48. The highest BCUT2D eigenvalue weighted by Gasteiger charge is 2.19. The van der Waals surface area contributed by atoms with Gasteiger partial charge in [-0.25, -0.2) is 13.6 Å². The number of hydrogen-bond acceptors (Lipinski definition) is 5. The standard InChI is InChI=1S/C11H17F2N3O3/c1-3-19-11(18)7-4-15-16(2)8(7)5-14-6-9(17)10(12)13/h4,9-10,14,17H,3,5-6H2,1-2H3. The van der Waals surface area contributed by atoms with Gasteiger partial charge in [-0.15, -0.1) is 0 Å². The predicted molar refractivity (Wildman–Crippen MR) is 62.9 cm³/mol. The van der Waals surface area contributed by atoms with Crippen molar-refractivity contribution in [2.45, 2.75) is 26.0 Å². The van der Waals surface area contributed by atoms with Crippen molar-refractivity contribution in [1.29, 1.82) is 0 Å². The Morgan fingerprint density at radius 2 is 2.32 bits per heavy atom. The Balaban J connectivity index is 2.62. The van der Waals surface area contributed by atoms with Gasteiger partial charge in [0.25, 0.3) is 6.43 Å². The molecule has 2 N–H and O–H groups in total. The van der Waals surface area contributed by atoms with Crippen LogP contribution in [0.15, 0.2) is 6.20 Å². The van der Waals surface area contributed by atoms with Gasteiger partial charge in [-0.05, 0) is 6.92 Å². The van der Waals surface area contributed by atoms with Gasteiger partial charge in [0, 0.05) is 20.1 Å². The van der Waals surface area contributed by atoms with Crippen LogP contribution < -0.4 is 5.32 Å². The van der Waals surface area contributed by atoms with Crippen molar-refractivity contribution in [2.75, 3.05) is 13.2 Å². The van der Waals surface area contributed by atoms with Gasteiger partial charge in [0.2, 0.25) is 0 Å². The Hall–Kier alpha value is -1.54. The largest absolute Gasteiger partial charge is 0.462 e. The number of aliphatic hydroxyl groups is 1.